The molecular formula is C11H10FN3O5S. The fourth-order valence-corrected chi connectivity index (χ4v) is 3.04. The van der Waals surface area contributed by atoms with E-state index >= 15 is 0 Å². The highest BCUT2D eigenvalue weighted by Gasteiger charge is 2.28. The number of aromatic amines is 1. The molecule has 0 amide bonds. The molecule has 0 fully saturated rings. The predicted molar refractivity (Wildman–Crippen MR) is 69.2 cm³/mol. The zero-order chi connectivity index (χ0) is 15.8. The summed E-state index contributed by atoms with van der Waals surface area (Å²) in [5.41, 5.74) is -0.805. The second kappa shape index (κ2) is 5.05. The van der Waals surface area contributed by atoms with Crippen LogP contribution in [0.25, 0.3) is 0 Å². The van der Waals surface area contributed by atoms with Gasteiger partial charge in [-0.25, -0.2) is 17.6 Å². The molecule has 1 heterocycles. The Morgan fingerprint density at radius 1 is 1.43 bits per heavy atom. The molecule has 0 aliphatic carbocycles. The summed E-state index contributed by atoms with van der Waals surface area (Å²) in [7, 11) is -4.28. The van der Waals surface area contributed by atoms with Crippen LogP contribution in [0, 0.1) is 12.7 Å². The average Bonchev–Trinajstić information content (AvgIpc) is 2.76. The van der Waals surface area contributed by atoms with Crippen molar-refractivity contribution in [3.05, 3.63) is 35.4 Å². The third-order valence-electron chi connectivity index (χ3n) is 2.56. The molecule has 0 aliphatic heterocycles. The van der Waals surface area contributed by atoms with Gasteiger partial charge in [-0.15, -0.1) is 0 Å². The lowest BCUT2D eigenvalue weighted by molar-refractivity contribution is 0.0686. The second-order valence-electron chi connectivity index (χ2n) is 4.10. The van der Waals surface area contributed by atoms with Crippen molar-refractivity contribution in [2.24, 2.45) is 0 Å². The number of aryl methyl sites for hydroxylation is 1. The number of phenols is 1. The summed E-state index contributed by atoms with van der Waals surface area (Å²) < 4.78 is 39.6. The van der Waals surface area contributed by atoms with Crippen LogP contribution in [0.15, 0.2) is 23.1 Å². The first-order chi connectivity index (χ1) is 9.72. The number of rotatable bonds is 4. The molecule has 0 bridgehead atoms. The molecule has 0 radical (unpaired) electrons. The Morgan fingerprint density at radius 3 is 2.67 bits per heavy atom. The van der Waals surface area contributed by atoms with Gasteiger partial charge in [0.15, 0.2) is 17.3 Å². The Kier molecular flexibility index (Phi) is 3.56. The number of carboxylic acid groups (broad SMARTS) is 1. The Labute approximate surface area is 118 Å². The number of hydrogen-bond acceptors (Lipinski definition) is 5. The fourth-order valence-electron chi connectivity index (χ4n) is 1.67. The van der Waals surface area contributed by atoms with Crippen LogP contribution in [0.5, 0.6) is 5.75 Å². The number of carbonyl (C=O) groups is 1. The smallest absolute Gasteiger partial charge is 0.357 e. The highest BCUT2D eigenvalue weighted by molar-refractivity contribution is 7.92. The number of anilines is 1. The Morgan fingerprint density at radius 2 is 2.10 bits per heavy atom. The minimum atomic E-state index is -4.28. The van der Waals surface area contributed by atoms with E-state index in [2.05, 4.69) is 10.2 Å². The van der Waals surface area contributed by atoms with Crippen LogP contribution in [0.3, 0.4) is 0 Å². The van der Waals surface area contributed by atoms with Crippen molar-refractivity contribution >= 4 is 21.7 Å². The Balaban J connectivity index is 2.45. The molecule has 0 aliphatic rings. The molecule has 0 unspecified atom stereocenters. The molecule has 112 valence electrons. The van der Waals surface area contributed by atoms with E-state index in [4.69, 9.17) is 10.2 Å². The lowest BCUT2D eigenvalue weighted by Gasteiger charge is -2.08. The topological polar surface area (TPSA) is 132 Å². The Hall–Kier alpha value is -2.62. The average molecular weight is 315 g/mol. The maximum atomic E-state index is 13.2. The van der Waals surface area contributed by atoms with Gasteiger partial charge in [0.2, 0.25) is 0 Å². The summed E-state index contributed by atoms with van der Waals surface area (Å²) >= 11 is 0. The van der Waals surface area contributed by atoms with Crippen LogP contribution < -0.4 is 4.72 Å². The van der Waals surface area contributed by atoms with E-state index in [-0.39, 0.29) is 11.4 Å². The van der Waals surface area contributed by atoms with Crippen molar-refractivity contribution < 1.29 is 27.8 Å². The number of benzene rings is 1. The summed E-state index contributed by atoms with van der Waals surface area (Å²) in [6, 6.07) is 2.86. The molecule has 1 aromatic carbocycles. The molecule has 21 heavy (non-hydrogen) atoms. The van der Waals surface area contributed by atoms with Gasteiger partial charge in [0.1, 0.15) is 4.90 Å². The molecule has 0 spiro atoms. The number of aromatic hydroxyl groups is 1. The van der Waals surface area contributed by atoms with Crippen LogP contribution in [-0.2, 0) is 10.0 Å². The van der Waals surface area contributed by atoms with Crippen LogP contribution >= 0.6 is 0 Å². The summed E-state index contributed by atoms with van der Waals surface area (Å²) in [5.74, 6) is -3.17. The summed E-state index contributed by atoms with van der Waals surface area (Å²) in [4.78, 5) is 10.4. The van der Waals surface area contributed by atoms with Crippen molar-refractivity contribution in [2.75, 3.05) is 4.72 Å². The molecule has 0 saturated carbocycles. The largest absolute Gasteiger partial charge is 0.505 e. The third kappa shape index (κ3) is 2.79. The summed E-state index contributed by atoms with van der Waals surface area (Å²) in [6.45, 7) is 1.34. The van der Waals surface area contributed by atoms with Gasteiger partial charge in [-0.1, -0.05) is 0 Å². The number of phenolic OH excluding ortho intramolecular Hbond substituents is 1. The minimum absolute atomic E-state index is 0.0270. The second-order valence-corrected chi connectivity index (χ2v) is 5.72. The number of nitrogens with one attached hydrogen (secondary N) is 2. The van der Waals surface area contributed by atoms with E-state index in [1.165, 1.54) is 6.92 Å². The first-order valence-electron chi connectivity index (χ1n) is 5.52. The fraction of sp³-hybridized carbons (Fsp3) is 0.0909. The first-order valence-corrected chi connectivity index (χ1v) is 7.00. The quantitative estimate of drug-likeness (QED) is 0.624. The number of aromatic nitrogens is 2. The van der Waals surface area contributed by atoms with Gasteiger partial charge in [0.05, 0.1) is 11.4 Å². The van der Waals surface area contributed by atoms with E-state index in [1.807, 2.05) is 4.72 Å². The first kappa shape index (κ1) is 14.8. The van der Waals surface area contributed by atoms with Gasteiger partial charge in [0, 0.05) is 6.07 Å². The molecular weight excluding hydrogens is 305 g/mol. The number of hydrogen-bond donors (Lipinski definition) is 4. The Bertz CT molecular complexity index is 815. The molecule has 0 saturated heterocycles. The van der Waals surface area contributed by atoms with Crippen molar-refractivity contribution in [2.45, 2.75) is 11.8 Å². The van der Waals surface area contributed by atoms with E-state index in [0.29, 0.717) is 0 Å². The van der Waals surface area contributed by atoms with Crippen LogP contribution in [0.4, 0.5) is 10.1 Å². The van der Waals surface area contributed by atoms with Gasteiger partial charge in [-0.2, -0.15) is 5.10 Å². The van der Waals surface area contributed by atoms with Crippen LogP contribution in [0.2, 0.25) is 0 Å². The number of aromatic carboxylic acids is 1. The zero-order valence-corrected chi connectivity index (χ0v) is 11.4. The molecule has 2 rings (SSSR count). The maximum Gasteiger partial charge on any atom is 0.357 e. The van der Waals surface area contributed by atoms with Gasteiger partial charge in [-0.05, 0) is 19.1 Å². The van der Waals surface area contributed by atoms with Crippen molar-refractivity contribution in [3.63, 3.8) is 0 Å². The monoisotopic (exact) mass is 315 g/mol. The van der Waals surface area contributed by atoms with Crippen LogP contribution in [-0.4, -0.2) is 34.8 Å². The van der Waals surface area contributed by atoms with Gasteiger partial charge in [-0.3, -0.25) is 9.82 Å². The van der Waals surface area contributed by atoms with Gasteiger partial charge < -0.3 is 10.2 Å². The standard InChI is InChI=1S/C11H10FN3O5S/c1-5-10(9(11(17)18)14-13-5)21(19,20)15-6-2-3-8(16)7(12)4-6/h2-4,15-16H,1H3,(H,13,14)(H,17,18). The zero-order valence-electron chi connectivity index (χ0n) is 10.6. The van der Waals surface area contributed by atoms with E-state index in [9.17, 15) is 17.6 Å². The predicted octanol–water partition coefficient (Wildman–Crippen LogP) is 1.06. The van der Waals surface area contributed by atoms with Gasteiger partial charge >= 0.3 is 5.97 Å². The molecule has 2 aromatic rings. The molecule has 8 nitrogen and oxygen atoms in total. The maximum absolute atomic E-state index is 13.2. The van der Waals surface area contributed by atoms with E-state index in [0.717, 1.165) is 18.2 Å². The lowest BCUT2D eigenvalue weighted by Crippen LogP contribution is -2.17. The SMILES string of the molecule is Cc1[nH]nc(C(=O)O)c1S(=O)(=O)Nc1ccc(O)c(F)c1. The minimum Gasteiger partial charge on any atom is -0.505 e. The molecule has 4 N–H and O–H groups in total. The summed E-state index contributed by atoms with van der Waals surface area (Å²) in [5, 5.41) is 23.6. The number of carboxylic acids is 1. The third-order valence-corrected chi connectivity index (χ3v) is 4.10. The number of nitrogens with zero attached hydrogens (tertiary/aromatic N) is 1. The van der Waals surface area contributed by atoms with Crippen molar-refractivity contribution in [3.8, 4) is 5.75 Å². The van der Waals surface area contributed by atoms with Crippen molar-refractivity contribution in [1.29, 1.82) is 0 Å². The number of halogens is 1. The molecule has 0 atom stereocenters. The highest BCUT2D eigenvalue weighted by atomic mass is 32.2. The van der Waals surface area contributed by atoms with Crippen LogP contribution in [0.1, 0.15) is 16.2 Å². The summed E-state index contributed by atoms with van der Waals surface area (Å²) in [6.07, 6.45) is 0. The normalized spacial score (nSPS) is 11.3. The number of H-pyrrole nitrogens is 1. The van der Waals surface area contributed by atoms with E-state index < -0.39 is 38.1 Å². The highest BCUT2D eigenvalue weighted by Crippen LogP contribution is 2.24. The number of sulfonamides is 1. The van der Waals surface area contributed by atoms with Crippen molar-refractivity contribution in [1.82, 2.24) is 10.2 Å². The van der Waals surface area contributed by atoms with Gasteiger partial charge in [0.25, 0.3) is 10.0 Å². The lowest BCUT2D eigenvalue weighted by atomic mass is 10.3. The molecule has 1 aromatic heterocycles. The molecule has 10 heteroatoms. The van der Waals surface area contributed by atoms with E-state index in [1.54, 1.807) is 0 Å².